The Hall–Kier alpha value is -3.09. The van der Waals surface area contributed by atoms with Gasteiger partial charge < -0.3 is 15.2 Å². The van der Waals surface area contributed by atoms with E-state index in [1.165, 1.54) is 4.90 Å². The Morgan fingerprint density at radius 1 is 1.27 bits per heavy atom. The van der Waals surface area contributed by atoms with E-state index in [0.717, 1.165) is 22.3 Å². The number of rotatable bonds is 6. The van der Waals surface area contributed by atoms with Crippen molar-refractivity contribution in [3.8, 4) is 0 Å². The topological polar surface area (TPSA) is 83.0 Å². The normalized spacial score (nSPS) is 10.9. The molecule has 3 aromatic rings. The van der Waals surface area contributed by atoms with Crippen molar-refractivity contribution >= 4 is 22.7 Å². The van der Waals surface area contributed by atoms with Crippen LogP contribution in [0.1, 0.15) is 21.7 Å². The van der Waals surface area contributed by atoms with Gasteiger partial charge in [-0.1, -0.05) is 18.2 Å². The lowest BCUT2D eigenvalue weighted by Crippen LogP contribution is -2.39. The molecule has 1 aromatic carbocycles. The van der Waals surface area contributed by atoms with Crippen LogP contribution in [0.5, 0.6) is 0 Å². The molecule has 0 bridgehead atoms. The zero-order chi connectivity index (χ0) is 18.7. The molecule has 2 aromatic heterocycles. The number of benzene rings is 1. The number of carbonyl (C=O) groups excluding carboxylic acids is 2. The second kappa shape index (κ2) is 7.43. The highest BCUT2D eigenvalue weighted by atomic mass is 16.2. The predicted octanol–water partition coefficient (Wildman–Crippen LogP) is 1.87. The van der Waals surface area contributed by atoms with Crippen molar-refractivity contribution < 1.29 is 9.59 Å². The van der Waals surface area contributed by atoms with Crippen LogP contribution >= 0.6 is 0 Å². The van der Waals surface area contributed by atoms with E-state index in [0.29, 0.717) is 18.7 Å². The monoisotopic (exact) mass is 353 g/mol. The van der Waals surface area contributed by atoms with Crippen LogP contribution in [0, 0.1) is 13.8 Å². The van der Waals surface area contributed by atoms with Crippen LogP contribution in [-0.4, -0.2) is 51.6 Å². The highest BCUT2D eigenvalue weighted by Gasteiger charge is 2.18. The summed E-state index contributed by atoms with van der Waals surface area (Å²) in [6.45, 7) is 5.00. The van der Waals surface area contributed by atoms with E-state index in [1.807, 2.05) is 48.9 Å². The van der Waals surface area contributed by atoms with E-state index < -0.39 is 0 Å². The molecule has 0 aliphatic carbocycles. The summed E-state index contributed by atoms with van der Waals surface area (Å²) < 4.78 is 1.86. The Morgan fingerprint density at radius 3 is 2.77 bits per heavy atom. The molecule has 7 nitrogen and oxygen atoms in total. The molecule has 3 rings (SSSR count). The van der Waals surface area contributed by atoms with Crippen molar-refractivity contribution in [1.29, 1.82) is 0 Å². The summed E-state index contributed by atoms with van der Waals surface area (Å²) in [5.41, 5.74) is 3.48. The maximum atomic E-state index is 12.6. The lowest BCUT2D eigenvalue weighted by molar-refractivity contribution is -0.121. The molecule has 0 aliphatic rings. The first kappa shape index (κ1) is 17.7. The van der Waals surface area contributed by atoms with E-state index in [4.69, 9.17) is 0 Å². The van der Waals surface area contributed by atoms with Crippen molar-refractivity contribution in [2.75, 3.05) is 20.1 Å². The zero-order valence-corrected chi connectivity index (χ0v) is 15.2. The van der Waals surface area contributed by atoms with Gasteiger partial charge in [0.05, 0.1) is 24.3 Å². The summed E-state index contributed by atoms with van der Waals surface area (Å²) in [6, 6.07) is 9.60. The lowest BCUT2D eigenvalue weighted by atomic mass is 10.1. The minimum Gasteiger partial charge on any atom is -0.360 e. The van der Waals surface area contributed by atoms with E-state index in [9.17, 15) is 9.59 Å². The van der Waals surface area contributed by atoms with Crippen molar-refractivity contribution in [3.05, 3.63) is 53.5 Å². The summed E-state index contributed by atoms with van der Waals surface area (Å²) in [4.78, 5) is 29.2. The van der Waals surface area contributed by atoms with Gasteiger partial charge in [0.2, 0.25) is 5.91 Å². The number of aromatic amines is 1. The fourth-order valence-corrected chi connectivity index (χ4v) is 3.00. The predicted molar refractivity (Wildman–Crippen MR) is 100.0 cm³/mol. The van der Waals surface area contributed by atoms with Crippen LogP contribution in [-0.2, 0) is 11.3 Å². The number of likely N-dealkylation sites (N-methyl/N-ethyl adjacent to an activating group) is 1. The highest BCUT2D eigenvalue weighted by Crippen LogP contribution is 2.18. The number of carbonyl (C=O) groups is 2. The summed E-state index contributed by atoms with van der Waals surface area (Å²) >= 11 is 0. The fraction of sp³-hybridized carbons (Fsp3) is 0.316. The van der Waals surface area contributed by atoms with Crippen molar-refractivity contribution in [3.63, 3.8) is 0 Å². The van der Waals surface area contributed by atoms with E-state index >= 15 is 0 Å². The van der Waals surface area contributed by atoms with Gasteiger partial charge in [0, 0.05) is 36.4 Å². The summed E-state index contributed by atoms with van der Waals surface area (Å²) in [5.74, 6) is -0.377. The number of fused-ring (bicyclic) bond motifs is 1. The molecule has 0 aliphatic heterocycles. The fourth-order valence-electron chi connectivity index (χ4n) is 3.00. The first-order chi connectivity index (χ1) is 12.5. The summed E-state index contributed by atoms with van der Waals surface area (Å²) in [6.07, 6.45) is 1.68. The Bertz CT molecular complexity index is 940. The minimum absolute atomic E-state index is 0.00938. The van der Waals surface area contributed by atoms with Gasteiger partial charge in [-0.15, -0.1) is 0 Å². The molecule has 0 radical (unpaired) electrons. The largest absolute Gasteiger partial charge is 0.360 e. The van der Waals surface area contributed by atoms with E-state index in [1.54, 1.807) is 13.2 Å². The Morgan fingerprint density at radius 2 is 2.04 bits per heavy atom. The molecule has 2 N–H and O–H groups in total. The van der Waals surface area contributed by atoms with Crippen LogP contribution in [0.3, 0.4) is 0 Å². The molecule has 0 saturated carbocycles. The highest BCUT2D eigenvalue weighted by molar-refractivity contribution is 6.07. The minimum atomic E-state index is -0.192. The number of hydrogen-bond acceptors (Lipinski definition) is 3. The number of aryl methyl sites for hydroxylation is 2. The number of aromatic nitrogens is 3. The molecule has 7 heteroatoms. The van der Waals surface area contributed by atoms with Gasteiger partial charge in [-0.2, -0.15) is 5.10 Å². The second-order valence-corrected chi connectivity index (χ2v) is 6.41. The van der Waals surface area contributed by atoms with Crippen LogP contribution in [0.2, 0.25) is 0 Å². The van der Waals surface area contributed by atoms with Crippen molar-refractivity contribution in [1.82, 2.24) is 25.0 Å². The van der Waals surface area contributed by atoms with Gasteiger partial charge >= 0.3 is 0 Å². The van der Waals surface area contributed by atoms with Crippen LogP contribution in [0.15, 0.2) is 36.5 Å². The average Bonchev–Trinajstić information content (AvgIpc) is 3.17. The molecule has 2 amide bonds. The molecule has 0 fully saturated rings. The maximum Gasteiger partial charge on any atom is 0.256 e. The van der Waals surface area contributed by atoms with Crippen molar-refractivity contribution in [2.24, 2.45) is 0 Å². The van der Waals surface area contributed by atoms with Gasteiger partial charge in [-0.25, -0.2) is 0 Å². The molecule has 0 saturated heterocycles. The van der Waals surface area contributed by atoms with E-state index in [2.05, 4.69) is 15.4 Å². The molecule has 136 valence electrons. The summed E-state index contributed by atoms with van der Waals surface area (Å²) in [5, 5.41) is 8.05. The zero-order valence-electron chi connectivity index (χ0n) is 15.2. The van der Waals surface area contributed by atoms with Gasteiger partial charge in [-0.3, -0.25) is 14.3 Å². The number of nitrogens with one attached hydrogen (secondary N) is 2. The summed E-state index contributed by atoms with van der Waals surface area (Å²) in [7, 11) is 1.63. The Kier molecular flexibility index (Phi) is 5.06. The van der Waals surface area contributed by atoms with Gasteiger partial charge in [0.15, 0.2) is 0 Å². The molecule has 0 unspecified atom stereocenters. The molecule has 0 atom stereocenters. The van der Waals surface area contributed by atoms with Gasteiger partial charge in [0.1, 0.15) is 0 Å². The first-order valence-corrected chi connectivity index (χ1v) is 8.55. The first-order valence-electron chi connectivity index (χ1n) is 8.55. The smallest absolute Gasteiger partial charge is 0.256 e. The van der Waals surface area contributed by atoms with Crippen LogP contribution in [0.4, 0.5) is 0 Å². The van der Waals surface area contributed by atoms with E-state index in [-0.39, 0.29) is 18.4 Å². The lowest BCUT2D eigenvalue weighted by Gasteiger charge is -2.16. The van der Waals surface area contributed by atoms with Gasteiger partial charge in [-0.05, 0) is 26.0 Å². The number of amides is 2. The third-order valence-electron chi connectivity index (χ3n) is 4.30. The van der Waals surface area contributed by atoms with Crippen LogP contribution in [0.25, 0.3) is 10.9 Å². The third-order valence-corrected chi connectivity index (χ3v) is 4.30. The number of hydrogen-bond donors (Lipinski definition) is 2. The van der Waals surface area contributed by atoms with Crippen molar-refractivity contribution in [2.45, 2.75) is 20.4 Å². The number of nitrogens with zero attached hydrogens (tertiary/aromatic N) is 3. The molecular formula is C19H23N5O2. The number of para-hydroxylation sites is 1. The Labute approximate surface area is 152 Å². The molecule has 0 spiro atoms. The average molecular weight is 353 g/mol. The number of H-pyrrole nitrogens is 1. The van der Waals surface area contributed by atoms with Crippen LogP contribution < -0.4 is 5.32 Å². The quantitative estimate of drug-likeness (QED) is 0.710. The molecular weight excluding hydrogens is 330 g/mol. The third kappa shape index (κ3) is 3.77. The SMILES string of the molecule is Cc1cc(C)n(CCNC(=O)CN(C)C(=O)c2c[nH]c3ccccc23)n1. The Balaban J connectivity index is 1.53. The van der Waals surface area contributed by atoms with Gasteiger partial charge in [0.25, 0.3) is 5.91 Å². The molecule has 26 heavy (non-hydrogen) atoms. The standard InChI is InChI=1S/C19H23N5O2/c1-13-10-14(2)24(22-13)9-8-20-18(25)12-23(3)19(26)16-11-21-17-7-5-4-6-15(16)17/h4-7,10-11,21H,8-9,12H2,1-3H3,(H,20,25). The molecule has 2 heterocycles. The maximum absolute atomic E-state index is 12.6. The second-order valence-electron chi connectivity index (χ2n) is 6.41.